The Morgan fingerprint density at radius 1 is 1.59 bits per heavy atom. The van der Waals surface area contributed by atoms with Crippen LogP contribution in [-0.4, -0.2) is 55.7 Å². The van der Waals surface area contributed by atoms with Gasteiger partial charge < -0.3 is 15.5 Å². The first kappa shape index (κ1) is 17.2. The monoisotopic (exact) mass is 341 g/mol. The molecule has 0 aromatic carbocycles. The maximum absolute atomic E-state index is 6.22. The van der Waals surface area contributed by atoms with Crippen molar-refractivity contribution in [1.82, 2.24) is 15.6 Å². The maximum Gasteiger partial charge on any atom is 0.191 e. The van der Waals surface area contributed by atoms with Gasteiger partial charge in [-0.1, -0.05) is 11.6 Å². The summed E-state index contributed by atoms with van der Waals surface area (Å²) in [5.74, 6) is 2.91. The molecule has 22 heavy (non-hydrogen) atoms. The minimum Gasteiger partial charge on any atom is -0.356 e. The molecule has 1 aliphatic heterocycles. The van der Waals surface area contributed by atoms with Gasteiger partial charge in [-0.3, -0.25) is 4.99 Å². The summed E-state index contributed by atoms with van der Waals surface area (Å²) >= 11 is 8.09. The van der Waals surface area contributed by atoms with Crippen LogP contribution in [0.5, 0.6) is 0 Å². The second-order valence-corrected chi connectivity index (χ2v) is 6.62. The van der Waals surface area contributed by atoms with E-state index in [2.05, 4.69) is 31.8 Å². The van der Waals surface area contributed by atoms with E-state index < -0.39 is 0 Å². The third-order valence-electron chi connectivity index (χ3n) is 3.61. The minimum absolute atomic E-state index is 0.366. The van der Waals surface area contributed by atoms with Gasteiger partial charge in [0.15, 0.2) is 5.96 Å². The van der Waals surface area contributed by atoms with Gasteiger partial charge in [-0.05, 0) is 37.0 Å². The lowest BCUT2D eigenvalue weighted by Gasteiger charge is -2.20. The fourth-order valence-electron chi connectivity index (χ4n) is 2.49. The van der Waals surface area contributed by atoms with Gasteiger partial charge in [-0.2, -0.15) is 11.8 Å². The molecule has 1 atom stereocenters. The number of anilines is 1. The number of halogens is 1. The van der Waals surface area contributed by atoms with Crippen molar-refractivity contribution in [2.24, 2.45) is 4.99 Å². The van der Waals surface area contributed by atoms with E-state index in [9.17, 15) is 0 Å². The van der Waals surface area contributed by atoms with Crippen LogP contribution >= 0.6 is 23.4 Å². The molecular formula is C15H24ClN5S. The highest BCUT2D eigenvalue weighted by Crippen LogP contribution is 2.25. The predicted octanol–water partition coefficient (Wildman–Crippen LogP) is 2.23. The Kier molecular flexibility index (Phi) is 7.12. The van der Waals surface area contributed by atoms with Gasteiger partial charge in [0, 0.05) is 38.9 Å². The van der Waals surface area contributed by atoms with Gasteiger partial charge in [-0.15, -0.1) is 0 Å². The molecule has 0 amide bonds. The summed E-state index contributed by atoms with van der Waals surface area (Å²) in [6.45, 7) is 2.79. The standard InChI is InChI=1S/C15H24ClN5S/c1-17-15(19-8-4-10-22-2)20-12-6-9-21(11-12)14-13(16)5-3-7-18-14/h3,5,7,12H,4,6,8-11H2,1-2H3,(H2,17,19,20). The number of aromatic nitrogens is 1. The number of rotatable bonds is 6. The highest BCUT2D eigenvalue weighted by Gasteiger charge is 2.25. The van der Waals surface area contributed by atoms with E-state index >= 15 is 0 Å². The first-order chi connectivity index (χ1) is 10.7. The van der Waals surface area contributed by atoms with E-state index in [1.807, 2.05) is 30.9 Å². The van der Waals surface area contributed by atoms with Crippen molar-refractivity contribution < 1.29 is 0 Å². The van der Waals surface area contributed by atoms with E-state index in [1.165, 1.54) is 5.75 Å². The summed E-state index contributed by atoms with van der Waals surface area (Å²) in [7, 11) is 1.81. The highest BCUT2D eigenvalue weighted by atomic mass is 35.5. The molecule has 0 radical (unpaired) electrons. The maximum atomic E-state index is 6.22. The Bertz CT molecular complexity index is 497. The van der Waals surface area contributed by atoms with Crippen molar-refractivity contribution in [3.05, 3.63) is 23.4 Å². The zero-order chi connectivity index (χ0) is 15.8. The summed E-state index contributed by atoms with van der Waals surface area (Å²) < 4.78 is 0. The van der Waals surface area contributed by atoms with Crippen molar-refractivity contribution in [2.45, 2.75) is 18.9 Å². The summed E-state index contributed by atoms with van der Waals surface area (Å²) in [5, 5.41) is 7.55. The summed E-state index contributed by atoms with van der Waals surface area (Å²) in [4.78, 5) is 10.9. The SMILES string of the molecule is CN=C(NCCCSC)NC1CCN(c2ncccc2Cl)C1. The van der Waals surface area contributed by atoms with Crippen molar-refractivity contribution in [1.29, 1.82) is 0 Å². The molecule has 122 valence electrons. The van der Waals surface area contributed by atoms with E-state index in [4.69, 9.17) is 11.6 Å². The number of guanidine groups is 1. The Morgan fingerprint density at radius 2 is 2.45 bits per heavy atom. The topological polar surface area (TPSA) is 52.6 Å². The van der Waals surface area contributed by atoms with Crippen LogP contribution < -0.4 is 15.5 Å². The molecule has 5 nitrogen and oxygen atoms in total. The van der Waals surface area contributed by atoms with Crippen molar-refractivity contribution >= 4 is 35.1 Å². The number of hydrogen-bond donors (Lipinski definition) is 2. The highest BCUT2D eigenvalue weighted by molar-refractivity contribution is 7.98. The van der Waals surface area contributed by atoms with Crippen LogP contribution in [0, 0.1) is 0 Å². The molecule has 2 rings (SSSR count). The zero-order valence-electron chi connectivity index (χ0n) is 13.2. The van der Waals surface area contributed by atoms with Crippen molar-refractivity contribution in [3.8, 4) is 0 Å². The van der Waals surface area contributed by atoms with E-state index in [-0.39, 0.29) is 0 Å². The molecule has 1 fully saturated rings. The van der Waals surface area contributed by atoms with Gasteiger partial charge in [0.2, 0.25) is 0 Å². The van der Waals surface area contributed by atoms with Gasteiger partial charge in [-0.25, -0.2) is 4.98 Å². The van der Waals surface area contributed by atoms with Crippen LogP contribution in [0.2, 0.25) is 5.02 Å². The molecule has 0 aliphatic carbocycles. The third-order valence-corrected chi connectivity index (χ3v) is 4.60. The van der Waals surface area contributed by atoms with Crippen LogP contribution in [0.15, 0.2) is 23.3 Å². The lowest BCUT2D eigenvalue weighted by Crippen LogP contribution is -2.45. The number of nitrogens with zero attached hydrogens (tertiary/aromatic N) is 3. The predicted molar refractivity (Wildman–Crippen MR) is 97.4 cm³/mol. The molecule has 1 aromatic rings. The van der Waals surface area contributed by atoms with Gasteiger partial charge in [0.05, 0.1) is 5.02 Å². The van der Waals surface area contributed by atoms with Crippen LogP contribution in [0.25, 0.3) is 0 Å². The molecule has 0 saturated carbocycles. The molecular weight excluding hydrogens is 318 g/mol. The fourth-order valence-corrected chi connectivity index (χ4v) is 3.17. The van der Waals surface area contributed by atoms with E-state index in [1.54, 1.807) is 6.20 Å². The van der Waals surface area contributed by atoms with Gasteiger partial charge >= 0.3 is 0 Å². The van der Waals surface area contributed by atoms with Crippen LogP contribution in [0.4, 0.5) is 5.82 Å². The van der Waals surface area contributed by atoms with Gasteiger partial charge in [0.1, 0.15) is 5.82 Å². The smallest absolute Gasteiger partial charge is 0.191 e. The van der Waals surface area contributed by atoms with E-state index in [0.29, 0.717) is 11.1 Å². The second-order valence-electron chi connectivity index (χ2n) is 5.23. The second kappa shape index (κ2) is 9.10. The first-order valence-electron chi connectivity index (χ1n) is 7.56. The Balaban J connectivity index is 1.81. The van der Waals surface area contributed by atoms with Crippen molar-refractivity contribution in [2.75, 3.05) is 43.6 Å². The molecule has 1 unspecified atom stereocenters. The average Bonchev–Trinajstić information content (AvgIpc) is 2.99. The molecule has 1 aromatic heterocycles. The lowest BCUT2D eigenvalue weighted by molar-refractivity contribution is 0.647. The molecule has 1 saturated heterocycles. The Morgan fingerprint density at radius 3 is 3.18 bits per heavy atom. The summed E-state index contributed by atoms with van der Waals surface area (Å²) in [5.41, 5.74) is 0. The molecule has 2 N–H and O–H groups in total. The fraction of sp³-hybridized carbons (Fsp3) is 0.600. The first-order valence-corrected chi connectivity index (χ1v) is 9.33. The van der Waals surface area contributed by atoms with Gasteiger partial charge in [0.25, 0.3) is 0 Å². The quantitative estimate of drug-likeness (QED) is 0.472. The third kappa shape index (κ3) is 4.95. The van der Waals surface area contributed by atoms with Crippen molar-refractivity contribution in [3.63, 3.8) is 0 Å². The normalized spacial score (nSPS) is 18.6. The number of aliphatic imine (C=N–C) groups is 1. The van der Waals surface area contributed by atoms with E-state index in [0.717, 1.165) is 44.3 Å². The number of pyridine rings is 1. The molecule has 2 heterocycles. The summed E-state index contributed by atoms with van der Waals surface area (Å²) in [6, 6.07) is 4.11. The number of thioether (sulfide) groups is 1. The zero-order valence-corrected chi connectivity index (χ0v) is 14.8. The van der Waals surface area contributed by atoms with Crippen LogP contribution in [-0.2, 0) is 0 Å². The van der Waals surface area contributed by atoms with Crippen LogP contribution in [0.3, 0.4) is 0 Å². The average molecular weight is 342 g/mol. The molecule has 0 bridgehead atoms. The number of nitrogens with one attached hydrogen (secondary N) is 2. The molecule has 7 heteroatoms. The minimum atomic E-state index is 0.366. The molecule has 1 aliphatic rings. The molecule has 0 spiro atoms. The Labute approximate surface area is 141 Å². The number of hydrogen-bond acceptors (Lipinski definition) is 4. The largest absolute Gasteiger partial charge is 0.356 e. The lowest BCUT2D eigenvalue weighted by atomic mass is 10.3. The Hall–Kier alpha value is -1.14. The van der Waals surface area contributed by atoms with Crippen LogP contribution in [0.1, 0.15) is 12.8 Å². The summed E-state index contributed by atoms with van der Waals surface area (Å²) in [6.07, 6.45) is 6.11.